The van der Waals surface area contributed by atoms with Crippen LogP contribution in [0.2, 0.25) is 0 Å². The van der Waals surface area contributed by atoms with Gasteiger partial charge in [-0.05, 0) is 140 Å². The molecule has 0 spiro atoms. The third kappa shape index (κ3) is 30.8. The third-order valence-corrected chi connectivity index (χ3v) is 15.9. The molecule has 1 saturated heterocycles. The zero-order valence-electron chi connectivity index (χ0n) is 61.7. The molecule has 0 aliphatic carbocycles. The SMILES string of the molecule is CN(C)c1ccc(C(c2ccc(OCCCC(=O)NCCOCCOCCOCCOCCOCCOCCOCCNC(=O)OC(C)(C)C)cc2)c2ccc(N(C)C)cc2)cc1.CN(C)c1ccc(C(c2ccc(OCCCC(=O)ON3C(=O)CCC3=O)cc2)c2ccc(N(C)C)cc2)cc1. The highest BCUT2D eigenvalue weighted by Crippen LogP contribution is 2.37. The summed E-state index contributed by atoms with van der Waals surface area (Å²) in [6.45, 7) is 13.3. The minimum atomic E-state index is -0.624. The largest absolute Gasteiger partial charge is 0.494 e. The minimum Gasteiger partial charge on any atom is -0.494 e. The van der Waals surface area contributed by atoms with E-state index in [1.54, 1.807) is 0 Å². The van der Waals surface area contributed by atoms with E-state index in [0.29, 0.717) is 149 Å². The summed E-state index contributed by atoms with van der Waals surface area (Å²) in [5.41, 5.74) is 11.2. The number of carbonyl (C=O) groups excluding carboxylic acids is 5. The average Bonchev–Trinajstić information content (AvgIpc) is 1.02. The molecule has 7 rings (SSSR count). The molecule has 0 saturated carbocycles. The lowest BCUT2D eigenvalue weighted by molar-refractivity contribution is -0.197. The summed E-state index contributed by atoms with van der Waals surface area (Å²) < 4.78 is 55.4. The first-order valence-corrected chi connectivity index (χ1v) is 35.0. The fourth-order valence-corrected chi connectivity index (χ4v) is 10.5. The second-order valence-electron chi connectivity index (χ2n) is 26.0. The second-order valence-corrected chi connectivity index (χ2v) is 26.0. The van der Waals surface area contributed by atoms with Gasteiger partial charge in [-0.2, -0.15) is 0 Å². The van der Waals surface area contributed by atoms with Crippen LogP contribution in [-0.2, 0) is 61.9 Å². The number of benzene rings is 6. The van der Waals surface area contributed by atoms with Crippen molar-refractivity contribution in [3.63, 3.8) is 0 Å². The zero-order chi connectivity index (χ0) is 73.5. The molecule has 0 aromatic heterocycles. The number of alkyl carbamates (subject to hydrolysis) is 1. The topological polar surface area (TPSA) is 227 Å². The van der Waals surface area contributed by atoms with E-state index in [1.807, 2.05) is 101 Å². The first kappa shape index (κ1) is 82.1. The molecule has 0 atom stereocenters. The highest BCUT2D eigenvalue weighted by molar-refractivity contribution is 6.01. The number of hydroxylamine groups is 2. The van der Waals surface area contributed by atoms with Crippen molar-refractivity contribution in [1.29, 1.82) is 0 Å². The van der Waals surface area contributed by atoms with Gasteiger partial charge in [-0.15, -0.1) is 5.06 Å². The number of nitrogens with zero attached hydrogens (tertiary/aromatic N) is 5. The number of amides is 4. The number of hydrogen-bond donors (Lipinski definition) is 2. The minimum absolute atomic E-state index is 0.0291. The van der Waals surface area contributed by atoms with Crippen LogP contribution in [0.1, 0.15) is 105 Å². The molecule has 102 heavy (non-hydrogen) atoms. The molecule has 23 heteroatoms. The van der Waals surface area contributed by atoms with Crippen molar-refractivity contribution < 1.29 is 76.2 Å². The van der Waals surface area contributed by atoms with Crippen LogP contribution in [0.4, 0.5) is 27.5 Å². The Kier molecular flexibility index (Phi) is 36.4. The lowest BCUT2D eigenvalue weighted by Gasteiger charge is -2.22. The van der Waals surface area contributed by atoms with E-state index < -0.39 is 29.5 Å². The van der Waals surface area contributed by atoms with Crippen molar-refractivity contribution in [3.05, 3.63) is 179 Å². The van der Waals surface area contributed by atoms with Crippen LogP contribution >= 0.6 is 0 Å². The van der Waals surface area contributed by atoms with Gasteiger partial charge in [-0.3, -0.25) is 14.4 Å². The molecule has 1 aliphatic heterocycles. The van der Waals surface area contributed by atoms with Gasteiger partial charge in [-0.25, -0.2) is 9.59 Å². The zero-order valence-corrected chi connectivity index (χ0v) is 61.7. The van der Waals surface area contributed by atoms with Crippen LogP contribution in [0.5, 0.6) is 11.5 Å². The normalized spacial score (nSPS) is 12.1. The van der Waals surface area contributed by atoms with E-state index in [4.69, 9.17) is 52.2 Å². The number of anilines is 4. The lowest BCUT2D eigenvalue weighted by Crippen LogP contribution is -2.34. The standard InChI is InChI=1S/C48H74N4O11.C31H35N3O5/c1-48(2,3)63-47(54)50-23-26-56-28-30-58-32-34-60-36-38-61-37-35-59-33-31-57-29-27-55-25-22-49-45(53)9-8-24-62-44-20-14-41(15-21-44)46(39-10-16-42(17-11-39)51(4)5)40-12-18-43(19-13-40)52(6)7;1-32(2)25-13-7-22(8-14-25)31(23-9-15-26(16-10-23)33(3)4)24-11-17-27(18-12-24)38-21-5-6-30(37)39-34-28(35)19-20-29(34)36/h10-21,46H,8-9,22-38H2,1-7H3,(H,49,53)(H,50,54);7-18,31H,5-6,19-21H2,1-4H3. The molecule has 0 bridgehead atoms. The number of rotatable bonds is 45. The molecule has 556 valence electrons. The summed E-state index contributed by atoms with van der Waals surface area (Å²) in [6.07, 6.45) is 1.13. The number of hydrogen-bond acceptors (Lipinski definition) is 20. The summed E-state index contributed by atoms with van der Waals surface area (Å²) in [6, 6.07) is 51.0. The fourth-order valence-electron chi connectivity index (χ4n) is 10.5. The van der Waals surface area contributed by atoms with Gasteiger partial charge in [0, 0.05) is 123 Å². The maximum Gasteiger partial charge on any atom is 0.407 e. The van der Waals surface area contributed by atoms with Crippen LogP contribution in [-0.4, -0.2) is 216 Å². The molecule has 6 aromatic carbocycles. The van der Waals surface area contributed by atoms with E-state index in [2.05, 4.69) is 152 Å². The van der Waals surface area contributed by atoms with Gasteiger partial charge >= 0.3 is 12.1 Å². The summed E-state index contributed by atoms with van der Waals surface area (Å²) in [4.78, 5) is 72.3. The molecular formula is C79H109N7O16. The molecule has 1 heterocycles. The Labute approximate surface area is 603 Å². The second kappa shape index (κ2) is 45.2. The van der Waals surface area contributed by atoms with Gasteiger partial charge in [0.1, 0.15) is 17.1 Å². The van der Waals surface area contributed by atoms with E-state index in [1.165, 1.54) is 27.8 Å². The maximum absolute atomic E-state index is 12.3. The van der Waals surface area contributed by atoms with Crippen LogP contribution in [0.25, 0.3) is 0 Å². The average molecular weight is 1410 g/mol. The highest BCUT2D eigenvalue weighted by atomic mass is 16.7. The van der Waals surface area contributed by atoms with E-state index >= 15 is 0 Å². The molecule has 4 amide bonds. The van der Waals surface area contributed by atoms with E-state index in [9.17, 15) is 24.0 Å². The van der Waals surface area contributed by atoms with Crippen LogP contribution in [0.15, 0.2) is 146 Å². The number of ether oxygens (including phenoxy) is 10. The van der Waals surface area contributed by atoms with Crippen LogP contribution in [0.3, 0.4) is 0 Å². The van der Waals surface area contributed by atoms with Gasteiger partial charge in [0.15, 0.2) is 0 Å². The van der Waals surface area contributed by atoms with Crippen molar-refractivity contribution in [1.82, 2.24) is 15.7 Å². The van der Waals surface area contributed by atoms with Crippen molar-refractivity contribution in [2.24, 2.45) is 0 Å². The molecule has 1 fully saturated rings. The predicted molar refractivity (Wildman–Crippen MR) is 397 cm³/mol. The summed E-state index contributed by atoms with van der Waals surface area (Å²) in [5.74, 6) is -0.00964. The highest BCUT2D eigenvalue weighted by Gasteiger charge is 2.33. The Balaban J connectivity index is 0.000000357. The third-order valence-electron chi connectivity index (χ3n) is 15.9. The molecule has 0 radical (unpaired) electrons. The molecule has 1 aliphatic rings. The monoisotopic (exact) mass is 1410 g/mol. The van der Waals surface area contributed by atoms with Gasteiger partial charge in [0.05, 0.1) is 112 Å². The summed E-state index contributed by atoms with van der Waals surface area (Å²) in [5, 5.41) is 6.10. The maximum atomic E-state index is 12.3. The van der Waals surface area contributed by atoms with Crippen molar-refractivity contribution >= 4 is 52.5 Å². The molecule has 2 N–H and O–H groups in total. The summed E-state index contributed by atoms with van der Waals surface area (Å²) >= 11 is 0. The van der Waals surface area contributed by atoms with Crippen molar-refractivity contribution in [2.45, 2.75) is 76.7 Å². The first-order chi connectivity index (χ1) is 49.1. The van der Waals surface area contributed by atoms with Crippen molar-refractivity contribution in [3.8, 4) is 11.5 Å². The Morgan fingerprint density at radius 1 is 0.382 bits per heavy atom. The quantitative estimate of drug-likeness (QED) is 0.0206. The fraction of sp³-hybridized carbons (Fsp3) is 0.481. The van der Waals surface area contributed by atoms with Gasteiger partial charge in [0.25, 0.3) is 11.8 Å². The predicted octanol–water partition coefficient (Wildman–Crippen LogP) is 10.7. The Morgan fingerprint density at radius 3 is 0.951 bits per heavy atom. The Bertz CT molecular complexity index is 3250. The molecule has 23 nitrogen and oxygen atoms in total. The van der Waals surface area contributed by atoms with Crippen LogP contribution in [0, 0.1) is 0 Å². The number of imide groups is 1. The molecular weight excluding hydrogens is 1300 g/mol. The smallest absolute Gasteiger partial charge is 0.407 e. The lowest BCUT2D eigenvalue weighted by atomic mass is 9.85. The summed E-state index contributed by atoms with van der Waals surface area (Å²) in [7, 11) is 16.3. The van der Waals surface area contributed by atoms with Gasteiger partial charge < -0.3 is 82.4 Å². The number of carbonyl (C=O) groups is 5. The first-order valence-electron chi connectivity index (χ1n) is 35.0. The number of nitrogens with one attached hydrogen (secondary N) is 2. The molecule has 6 aromatic rings. The Morgan fingerprint density at radius 2 is 0.657 bits per heavy atom. The van der Waals surface area contributed by atoms with E-state index in [-0.39, 0.29) is 37.0 Å². The van der Waals surface area contributed by atoms with Gasteiger partial charge in [-0.1, -0.05) is 72.8 Å². The Hall–Kier alpha value is -8.81. The van der Waals surface area contributed by atoms with Crippen molar-refractivity contribution in [2.75, 3.05) is 195 Å². The molecule has 0 unspecified atom stereocenters. The van der Waals surface area contributed by atoms with Gasteiger partial charge in [0.2, 0.25) is 5.91 Å². The van der Waals surface area contributed by atoms with Crippen LogP contribution < -0.4 is 39.7 Å². The van der Waals surface area contributed by atoms with E-state index in [0.717, 1.165) is 34.1 Å².